The van der Waals surface area contributed by atoms with Crippen LogP contribution in [0, 0.1) is 17.0 Å². The zero-order valence-electron chi connectivity index (χ0n) is 9.81. The second kappa shape index (κ2) is 5.07. The number of nitro benzene ring substituents is 1. The molecule has 0 radical (unpaired) electrons. The lowest BCUT2D eigenvalue weighted by atomic mass is 10.2. The highest BCUT2D eigenvalue weighted by atomic mass is 35.5. The Bertz CT molecular complexity index is 653. The maximum atomic E-state index is 12.0. The summed E-state index contributed by atoms with van der Waals surface area (Å²) in [6, 6.07) is 3.68. The number of benzene rings is 1. The molecule has 0 unspecified atom stereocenters. The number of nitro groups is 1. The van der Waals surface area contributed by atoms with Gasteiger partial charge in [-0.15, -0.1) is 0 Å². The van der Waals surface area contributed by atoms with E-state index in [-0.39, 0.29) is 16.3 Å². The smallest absolute Gasteiger partial charge is 0.270 e. The predicted octanol–water partition coefficient (Wildman–Crippen LogP) is 2.53. The number of anilines is 1. The molecule has 0 aliphatic rings. The Hall–Kier alpha value is -2.41. The summed E-state index contributed by atoms with van der Waals surface area (Å²) in [4.78, 5) is 22.1. The van der Waals surface area contributed by atoms with Crippen LogP contribution >= 0.6 is 11.6 Å². The maximum absolute atomic E-state index is 12.0. The van der Waals surface area contributed by atoms with E-state index < -0.39 is 10.8 Å². The molecule has 0 spiro atoms. The van der Waals surface area contributed by atoms with Crippen molar-refractivity contribution in [3.8, 4) is 0 Å². The Morgan fingerprint density at radius 1 is 1.53 bits per heavy atom. The largest absolute Gasteiger partial charge is 0.307 e. The fourth-order valence-electron chi connectivity index (χ4n) is 1.45. The molecule has 1 heterocycles. The van der Waals surface area contributed by atoms with E-state index in [1.807, 2.05) is 0 Å². The van der Waals surface area contributed by atoms with Crippen molar-refractivity contribution < 1.29 is 9.72 Å². The van der Waals surface area contributed by atoms with Gasteiger partial charge < -0.3 is 5.32 Å². The van der Waals surface area contributed by atoms with Crippen LogP contribution in [0.25, 0.3) is 0 Å². The molecular weight excluding hydrogens is 272 g/mol. The fourth-order valence-corrected chi connectivity index (χ4v) is 1.66. The molecular formula is C11H9ClN4O3. The molecule has 0 atom stereocenters. The summed E-state index contributed by atoms with van der Waals surface area (Å²) in [6.07, 6.45) is 1.55. The molecule has 2 N–H and O–H groups in total. The van der Waals surface area contributed by atoms with E-state index in [9.17, 15) is 14.9 Å². The highest BCUT2D eigenvalue weighted by molar-refractivity contribution is 6.34. The average Bonchev–Trinajstić information content (AvgIpc) is 2.75. The number of H-pyrrole nitrogens is 1. The first-order valence-corrected chi connectivity index (χ1v) is 5.62. The van der Waals surface area contributed by atoms with Crippen molar-refractivity contribution in [3.05, 3.63) is 50.7 Å². The Morgan fingerprint density at radius 2 is 2.26 bits per heavy atom. The molecule has 19 heavy (non-hydrogen) atoms. The quantitative estimate of drug-likeness (QED) is 0.666. The minimum atomic E-state index is -0.589. The zero-order valence-corrected chi connectivity index (χ0v) is 10.6. The van der Waals surface area contributed by atoms with Gasteiger partial charge >= 0.3 is 0 Å². The lowest BCUT2D eigenvalue weighted by Crippen LogP contribution is -2.13. The van der Waals surface area contributed by atoms with Gasteiger partial charge in [-0.3, -0.25) is 20.0 Å². The maximum Gasteiger partial charge on any atom is 0.270 e. The normalized spacial score (nSPS) is 10.2. The standard InChI is InChI=1S/C11H9ClN4O3/c1-6-5-13-15-10(6)14-11(17)8-4-7(16(18)19)2-3-9(8)12/h2-5H,1H3,(H2,13,14,15,17). The number of nitrogens with zero attached hydrogens (tertiary/aromatic N) is 2. The highest BCUT2D eigenvalue weighted by Crippen LogP contribution is 2.23. The predicted molar refractivity (Wildman–Crippen MR) is 69.4 cm³/mol. The number of carbonyl (C=O) groups is 1. The summed E-state index contributed by atoms with van der Waals surface area (Å²) in [5, 5.41) is 19.7. The number of hydrogen-bond donors (Lipinski definition) is 2. The third-order valence-electron chi connectivity index (χ3n) is 2.47. The SMILES string of the molecule is Cc1cn[nH]c1NC(=O)c1cc([N+](=O)[O-])ccc1Cl. The minimum Gasteiger partial charge on any atom is -0.307 e. The topological polar surface area (TPSA) is 101 Å². The number of hydrogen-bond acceptors (Lipinski definition) is 4. The first kappa shape index (κ1) is 13.0. The zero-order chi connectivity index (χ0) is 14.0. The lowest BCUT2D eigenvalue weighted by molar-refractivity contribution is -0.384. The number of halogens is 1. The first-order chi connectivity index (χ1) is 8.99. The molecule has 0 fully saturated rings. The summed E-state index contributed by atoms with van der Waals surface area (Å²) < 4.78 is 0. The molecule has 8 heteroatoms. The van der Waals surface area contributed by atoms with Crippen molar-refractivity contribution in [1.29, 1.82) is 0 Å². The number of aromatic nitrogens is 2. The van der Waals surface area contributed by atoms with Gasteiger partial charge in [0.15, 0.2) is 0 Å². The van der Waals surface area contributed by atoms with Crippen LogP contribution < -0.4 is 5.32 Å². The summed E-state index contributed by atoms with van der Waals surface area (Å²) in [7, 11) is 0. The van der Waals surface area contributed by atoms with E-state index in [1.165, 1.54) is 12.1 Å². The van der Waals surface area contributed by atoms with Crippen LogP contribution in [-0.4, -0.2) is 21.0 Å². The number of carbonyl (C=O) groups excluding carboxylic acids is 1. The summed E-state index contributed by atoms with van der Waals surface area (Å²) in [6.45, 7) is 1.76. The van der Waals surface area contributed by atoms with Crippen LogP contribution in [0.15, 0.2) is 24.4 Å². The third-order valence-corrected chi connectivity index (χ3v) is 2.80. The van der Waals surface area contributed by atoms with Gasteiger partial charge in [-0.2, -0.15) is 5.10 Å². The van der Waals surface area contributed by atoms with Gasteiger partial charge in [0.05, 0.1) is 21.7 Å². The summed E-state index contributed by atoms with van der Waals surface area (Å²) >= 11 is 5.87. The Morgan fingerprint density at radius 3 is 2.84 bits per heavy atom. The van der Waals surface area contributed by atoms with Crippen LogP contribution in [0.3, 0.4) is 0 Å². The van der Waals surface area contributed by atoms with Crippen molar-refractivity contribution in [2.45, 2.75) is 6.92 Å². The minimum absolute atomic E-state index is 0.0323. The lowest BCUT2D eigenvalue weighted by Gasteiger charge is -2.05. The van der Waals surface area contributed by atoms with Crippen molar-refractivity contribution >= 4 is 29.0 Å². The van der Waals surface area contributed by atoms with Gasteiger partial charge in [-0.05, 0) is 13.0 Å². The molecule has 7 nitrogen and oxygen atoms in total. The summed E-state index contributed by atoms with van der Waals surface area (Å²) in [5.41, 5.74) is 0.579. The average molecular weight is 281 g/mol. The van der Waals surface area contributed by atoms with E-state index >= 15 is 0 Å². The van der Waals surface area contributed by atoms with Crippen LogP contribution in [0.5, 0.6) is 0 Å². The number of amides is 1. The van der Waals surface area contributed by atoms with Crippen LogP contribution in [0.4, 0.5) is 11.5 Å². The number of aromatic amines is 1. The van der Waals surface area contributed by atoms with Crippen molar-refractivity contribution in [1.82, 2.24) is 10.2 Å². The van der Waals surface area contributed by atoms with Gasteiger partial charge in [0.25, 0.3) is 11.6 Å². The molecule has 0 aliphatic heterocycles. The van der Waals surface area contributed by atoms with Gasteiger partial charge in [-0.25, -0.2) is 0 Å². The molecule has 2 aromatic rings. The molecule has 1 aromatic carbocycles. The van der Waals surface area contributed by atoms with Gasteiger partial charge in [0.1, 0.15) is 5.82 Å². The van der Waals surface area contributed by atoms with Gasteiger partial charge in [0, 0.05) is 17.7 Å². The second-order valence-electron chi connectivity index (χ2n) is 3.80. The third kappa shape index (κ3) is 2.71. The molecule has 0 saturated carbocycles. The second-order valence-corrected chi connectivity index (χ2v) is 4.21. The van der Waals surface area contributed by atoms with Crippen molar-refractivity contribution in [2.75, 3.05) is 5.32 Å². The molecule has 1 aromatic heterocycles. The van der Waals surface area contributed by atoms with E-state index in [0.717, 1.165) is 11.6 Å². The van der Waals surface area contributed by atoms with Crippen molar-refractivity contribution in [2.24, 2.45) is 0 Å². The molecule has 2 rings (SSSR count). The number of aryl methyl sites for hydroxylation is 1. The van der Waals surface area contributed by atoms with Gasteiger partial charge in [-0.1, -0.05) is 11.6 Å². The van der Waals surface area contributed by atoms with Gasteiger partial charge in [0.2, 0.25) is 0 Å². The molecule has 0 bridgehead atoms. The number of non-ortho nitro benzene ring substituents is 1. The first-order valence-electron chi connectivity index (χ1n) is 5.24. The summed E-state index contributed by atoms with van der Waals surface area (Å²) in [5.74, 6) is -0.117. The number of rotatable bonds is 3. The van der Waals surface area contributed by atoms with E-state index in [1.54, 1.807) is 13.1 Å². The van der Waals surface area contributed by atoms with E-state index in [2.05, 4.69) is 15.5 Å². The Labute approximate surface area is 112 Å². The van der Waals surface area contributed by atoms with Crippen LogP contribution in [0.2, 0.25) is 5.02 Å². The van der Waals surface area contributed by atoms with Crippen LogP contribution in [0.1, 0.15) is 15.9 Å². The Balaban J connectivity index is 2.31. The molecule has 1 amide bonds. The Kier molecular flexibility index (Phi) is 3.48. The molecule has 0 aliphatic carbocycles. The molecule has 98 valence electrons. The van der Waals surface area contributed by atoms with Crippen LogP contribution in [-0.2, 0) is 0 Å². The highest BCUT2D eigenvalue weighted by Gasteiger charge is 2.16. The van der Waals surface area contributed by atoms with E-state index in [0.29, 0.717) is 5.82 Å². The monoisotopic (exact) mass is 280 g/mol. The van der Waals surface area contributed by atoms with E-state index in [4.69, 9.17) is 11.6 Å². The molecule has 0 saturated heterocycles. The van der Waals surface area contributed by atoms with Crippen molar-refractivity contribution in [3.63, 3.8) is 0 Å². The number of nitrogens with one attached hydrogen (secondary N) is 2. The fraction of sp³-hybridized carbons (Fsp3) is 0.0909.